The fourth-order valence-electron chi connectivity index (χ4n) is 1.74. The van der Waals surface area contributed by atoms with Crippen LogP contribution in [0.4, 0.5) is 0 Å². The second kappa shape index (κ2) is 3.75. The molecule has 0 saturated carbocycles. The molecule has 3 nitrogen and oxygen atoms in total. The van der Waals surface area contributed by atoms with Gasteiger partial charge in [-0.2, -0.15) is 0 Å². The summed E-state index contributed by atoms with van der Waals surface area (Å²) in [6.07, 6.45) is 0. The minimum atomic E-state index is 0.0792. The number of hydrogen-bond acceptors (Lipinski definition) is 3. The molecule has 3 N–H and O–H groups in total. The molecule has 0 aliphatic carbocycles. The van der Waals surface area contributed by atoms with Gasteiger partial charge in [-0.25, -0.2) is 0 Å². The van der Waals surface area contributed by atoms with Crippen molar-refractivity contribution in [2.75, 3.05) is 0 Å². The highest BCUT2D eigenvalue weighted by Gasteiger charge is 2.27. The molecule has 1 rings (SSSR count). The molecule has 1 atom stereocenters. The van der Waals surface area contributed by atoms with E-state index in [-0.39, 0.29) is 11.5 Å². The molecule has 0 saturated heterocycles. The highest BCUT2D eigenvalue weighted by atomic mass is 16.3. The SMILES string of the molecule is Cc1cc(C(NN)C(C)(C)C)c(C)o1. The van der Waals surface area contributed by atoms with Gasteiger partial charge in [0.05, 0.1) is 6.04 Å². The molecule has 0 amide bonds. The molecule has 1 heterocycles. The largest absolute Gasteiger partial charge is 0.466 e. The van der Waals surface area contributed by atoms with E-state index in [4.69, 9.17) is 10.3 Å². The number of hydrazine groups is 1. The molecular weight excluding hydrogens is 176 g/mol. The van der Waals surface area contributed by atoms with Gasteiger partial charge in [0.25, 0.3) is 0 Å². The van der Waals surface area contributed by atoms with Crippen molar-refractivity contribution < 1.29 is 4.42 Å². The number of nitrogens with two attached hydrogens (primary N) is 1. The molecule has 0 fully saturated rings. The van der Waals surface area contributed by atoms with Crippen LogP contribution in [0.25, 0.3) is 0 Å². The number of aryl methyl sites for hydroxylation is 2. The first-order chi connectivity index (χ1) is 6.36. The van der Waals surface area contributed by atoms with Crippen molar-refractivity contribution in [3.63, 3.8) is 0 Å². The van der Waals surface area contributed by atoms with E-state index in [0.29, 0.717) is 0 Å². The lowest BCUT2D eigenvalue weighted by molar-refractivity contribution is 0.272. The van der Waals surface area contributed by atoms with E-state index in [0.717, 1.165) is 17.1 Å². The first-order valence-corrected chi connectivity index (χ1v) is 4.89. The van der Waals surface area contributed by atoms with Gasteiger partial charge >= 0.3 is 0 Å². The van der Waals surface area contributed by atoms with E-state index in [1.54, 1.807) is 0 Å². The van der Waals surface area contributed by atoms with Crippen LogP contribution >= 0.6 is 0 Å². The van der Waals surface area contributed by atoms with Gasteiger partial charge in [-0.3, -0.25) is 11.3 Å². The van der Waals surface area contributed by atoms with Crippen molar-refractivity contribution in [3.8, 4) is 0 Å². The van der Waals surface area contributed by atoms with Gasteiger partial charge in [0, 0.05) is 5.56 Å². The average Bonchev–Trinajstić information content (AvgIpc) is 2.29. The van der Waals surface area contributed by atoms with E-state index < -0.39 is 0 Å². The molecule has 0 aliphatic heterocycles. The topological polar surface area (TPSA) is 51.2 Å². The number of nitrogens with one attached hydrogen (secondary N) is 1. The Hall–Kier alpha value is -0.800. The van der Waals surface area contributed by atoms with E-state index >= 15 is 0 Å². The molecule has 3 heteroatoms. The van der Waals surface area contributed by atoms with Crippen molar-refractivity contribution in [2.45, 2.75) is 40.7 Å². The highest BCUT2D eigenvalue weighted by molar-refractivity contribution is 5.25. The summed E-state index contributed by atoms with van der Waals surface area (Å²) in [5.74, 6) is 7.45. The molecule has 1 aromatic heterocycles. The third-order valence-electron chi connectivity index (χ3n) is 2.42. The summed E-state index contributed by atoms with van der Waals surface area (Å²) in [4.78, 5) is 0. The lowest BCUT2D eigenvalue weighted by Crippen LogP contribution is -2.36. The normalized spacial score (nSPS) is 14.4. The molecule has 0 bridgehead atoms. The molecule has 80 valence electrons. The number of furan rings is 1. The quantitative estimate of drug-likeness (QED) is 0.564. The summed E-state index contributed by atoms with van der Waals surface area (Å²) >= 11 is 0. The Morgan fingerprint density at radius 3 is 2.21 bits per heavy atom. The van der Waals surface area contributed by atoms with E-state index in [1.807, 2.05) is 19.9 Å². The molecule has 0 spiro atoms. The lowest BCUT2D eigenvalue weighted by atomic mass is 9.83. The molecule has 1 aromatic rings. The van der Waals surface area contributed by atoms with Gasteiger partial charge < -0.3 is 4.42 Å². The Balaban J connectivity index is 3.07. The van der Waals surface area contributed by atoms with Crippen LogP contribution in [0, 0.1) is 19.3 Å². The van der Waals surface area contributed by atoms with Gasteiger partial charge in [0.15, 0.2) is 0 Å². The molecule has 1 unspecified atom stereocenters. The number of rotatable bonds is 2. The van der Waals surface area contributed by atoms with Gasteiger partial charge in [-0.15, -0.1) is 0 Å². The smallest absolute Gasteiger partial charge is 0.105 e. The van der Waals surface area contributed by atoms with Crippen LogP contribution in [0.3, 0.4) is 0 Å². The molecule has 0 aliphatic rings. The van der Waals surface area contributed by atoms with Crippen molar-refractivity contribution in [3.05, 3.63) is 23.2 Å². The molecule has 14 heavy (non-hydrogen) atoms. The maximum atomic E-state index is 5.58. The Morgan fingerprint density at radius 1 is 1.36 bits per heavy atom. The minimum Gasteiger partial charge on any atom is -0.466 e. The maximum Gasteiger partial charge on any atom is 0.105 e. The number of hydrogen-bond donors (Lipinski definition) is 2. The first kappa shape index (κ1) is 11.3. The highest BCUT2D eigenvalue weighted by Crippen LogP contribution is 2.34. The van der Waals surface area contributed by atoms with Gasteiger partial charge in [-0.05, 0) is 25.3 Å². The summed E-state index contributed by atoms with van der Waals surface area (Å²) in [7, 11) is 0. The zero-order valence-electron chi connectivity index (χ0n) is 9.64. The van der Waals surface area contributed by atoms with Gasteiger partial charge in [0.1, 0.15) is 11.5 Å². The Morgan fingerprint density at radius 2 is 1.93 bits per heavy atom. The first-order valence-electron chi connectivity index (χ1n) is 4.89. The van der Waals surface area contributed by atoms with Crippen molar-refractivity contribution >= 4 is 0 Å². The van der Waals surface area contributed by atoms with Gasteiger partial charge in [-0.1, -0.05) is 20.8 Å². The fourth-order valence-corrected chi connectivity index (χ4v) is 1.74. The van der Waals surface area contributed by atoms with Crippen molar-refractivity contribution in [1.82, 2.24) is 5.43 Å². The maximum absolute atomic E-state index is 5.58. The predicted octanol–water partition coefficient (Wildman–Crippen LogP) is 2.45. The van der Waals surface area contributed by atoms with Crippen LogP contribution in [0.1, 0.15) is 43.9 Å². The van der Waals surface area contributed by atoms with Crippen LogP contribution in [-0.4, -0.2) is 0 Å². The van der Waals surface area contributed by atoms with Gasteiger partial charge in [0.2, 0.25) is 0 Å². The molecular formula is C11H20N2O. The Bertz CT molecular complexity index is 310. The van der Waals surface area contributed by atoms with Crippen LogP contribution in [-0.2, 0) is 0 Å². The fraction of sp³-hybridized carbons (Fsp3) is 0.636. The van der Waals surface area contributed by atoms with Crippen LogP contribution in [0.2, 0.25) is 0 Å². The third kappa shape index (κ3) is 2.16. The lowest BCUT2D eigenvalue weighted by Gasteiger charge is -2.29. The van der Waals surface area contributed by atoms with Crippen molar-refractivity contribution in [1.29, 1.82) is 0 Å². The summed E-state index contributed by atoms with van der Waals surface area (Å²) < 4.78 is 5.50. The minimum absolute atomic E-state index is 0.0792. The van der Waals surface area contributed by atoms with E-state index in [1.165, 1.54) is 0 Å². The predicted molar refractivity (Wildman–Crippen MR) is 57.7 cm³/mol. The second-order valence-corrected chi connectivity index (χ2v) is 4.83. The Kier molecular flexibility index (Phi) is 3.02. The Labute approximate surface area is 85.6 Å². The zero-order valence-corrected chi connectivity index (χ0v) is 9.64. The van der Waals surface area contributed by atoms with Crippen LogP contribution < -0.4 is 11.3 Å². The monoisotopic (exact) mass is 196 g/mol. The molecule has 0 aromatic carbocycles. The van der Waals surface area contributed by atoms with Crippen LogP contribution in [0.15, 0.2) is 10.5 Å². The van der Waals surface area contributed by atoms with Crippen LogP contribution in [0.5, 0.6) is 0 Å². The molecule has 0 radical (unpaired) electrons. The summed E-state index contributed by atoms with van der Waals surface area (Å²) in [5, 5.41) is 0. The second-order valence-electron chi connectivity index (χ2n) is 4.83. The average molecular weight is 196 g/mol. The van der Waals surface area contributed by atoms with Crippen molar-refractivity contribution in [2.24, 2.45) is 11.3 Å². The van der Waals surface area contributed by atoms with E-state index in [9.17, 15) is 0 Å². The summed E-state index contributed by atoms with van der Waals surface area (Å²) in [5.41, 5.74) is 4.08. The summed E-state index contributed by atoms with van der Waals surface area (Å²) in [6.45, 7) is 10.4. The zero-order chi connectivity index (χ0) is 10.9. The standard InChI is InChI=1S/C11H20N2O/c1-7-6-9(8(2)14-7)10(13-12)11(3,4)5/h6,10,13H,12H2,1-5H3. The van der Waals surface area contributed by atoms with E-state index in [2.05, 4.69) is 26.2 Å². The summed E-state index contributed by atoms with van der Waals surface area (Å²) in [6, 6.07) is 2.17. The third-order valence-corrected chi connectivity index (χ3v) is 2.42.